The summed E-state index contributed by atoms with van der Waals surface area (Å²) in [4.78, 5) is 28.2. The first kappa shape index (κ1) is 10.6. The molecule has 0 atom stereocenters. The topological polar surface area (TPSA) is 77.8 Å². The van der Waals surface area contributed by atoms with Crippen LogP contribution in [0.25, 0.3) is 0 Å². The lowest BCUT2D eigenvalue weighted by atomic mass is 10.5. The summed E-state index contributed by atoms with van der Waals surface area (Å²) in [7, 11) is -2.31. The Balaban J connectivity index is 3.42. The van der Waals surface area contributed by atoms with Gasteiger partial charge in [-0.05, 0) is 6.42 Å². The van der Waals surface area contributed by atoms with Gasteiger partial charge in [-0.2, -0.15) is 0 Å². The Kier molecular flexibility index (Phi) is 4.33. The highest BCUT2D eigenvalue weighted by molar-refractivity contribution is 7.51. The second-order valence-electron chi connectivity index (χ2n) is 2.33. The van der Waals surface area contributed by atoms with E-state index in [1.54, 1.807) is 7.05 Å². The van der Waals surface area contributed by atoms with E-state index in [0.29, 0.717) is 19.4 Å². The average Bonchev–Trinajstić information content (AvgIpc) is 1.85. The number of hydrogen-bond donors (Lipinski definition) is 2. The van der Waals surface area contributed by atoms with Gasteiger partial charge in [0.25, 0.3) is 0 Å². The molecule has 0 fully saturated rings. The van der Waals surface area contributed by atoms with Crippen molar-refractivity contribution in [3.63, 3.8) is 0 Å². The molecule has 0 saturated heterocycles. The van der Waals surface area contributed by atoms with Crippen LogP contribution < -0.4 is 0 Å². The molecule has 11 heavy (non-hydrogen) atoms. The monoisotopic (exact) mass is 181 g/mol. The predicted octanol–water partition coefficient (Wildman–Crippen LogP) is -0.358. The smallest absolute Gasteiger partial charge is 0.325 e. The highest BCUT2D eigenvalue weighted by Gasteiger charge is 2.11. The highest BCUT2D eigenvalue weighted by atomic mass is 31.2. The van der Waals surface area contributed by atoms with E-state index < -0.39 is 7.60 Å². The largest absolute Gasteiger partial charge is 0.348 e. The van der Waals surface area contributed by atoms with E-state index in [1.165, 1.54) is 4.90 Å². The second-order valence-corrected chi connectivity index (χ2v) is 4.10. The number of rotatable bonds is 5. The van der Waals surface area contributed by atoms with Gasteiger partial charge in [0.15, 0.2) is 0 Å². The van der Waals surface area contributed by atoms with Gasteiger partial charge in [-0.25, -0.2) is 0 Å². The molecular weight excluding hydrogens is 169 g/mol. The molecule has 66 valence electrons. The average molecular weight is 181 g/mol. The molecule has 5 nitrogen and oxygen atoms in total. The molecule has 0 aromatic heterocycles. The van der Waals surface area contributed by atoms with Crippen molar-refractivity contribution in [3.8, 4) is 0 Å². The fourth-order valence-electron chi connectivity index (χ4n) is 0.579. The summed E-state index contributed by atoms with van der Waals surface area (Å²) in [5, 5.41) is 0. The van der Waals surface area contributed by atoms with Gasteiger partial charge in [-0.1, -0.05) is 0 Å². The maximum atomic E-state index is 10.3. The van der Waals surface area contributed by atoms with E-state index >= 15 is 0 Å². The van der Waals surface area contributed by atoms with E-state index in [4.69, 9.17) is 9.79 Å². The zero-order valence-electron chi connectivity index (χ0n) is 6.30. The van der Waals surface area contributed by atoms with Crippen LogP contribution in [0.2, 0.25) is 0 Å². The molecule has 0 aliphatic carbocycles. The van der Waals surface area contributed by atoms with Crippen LogP contribution in [-0.2, 0) is 9.36 Å². The zero-order chi connectivity index (χ0) is 8.91. The number of amides is 1. The fraction of sp³-hybridized carbons (Fsp3) is 0.800. The van der Waals surface area contributed by atoms with Crippen LogP contribution in [0.4, 0.5) is 0 Å². The fourth-order valence-corrected chi connectivity index (χ4v) is 1.13. The molecular formula is C5H12NO4P. The van der Waals surface area contributed by atoms with E-state index in [0.717, 1.165) is 0 Å². The summed E-state index contributed by atoms with van der Waals surface area (Å²) in [6, 6.07) is 0. The molecule has 0 heterocycles. The van der Waals surface area contributed by atoms with E-state index in [9.17, 15) is 9.36 Å². The van der Waals surface area contributed by atoms with Crippen molar-refractivity contribution in [2.75, 3.05) is 19.8 Å². The molecule has 1 amide bonds. The van der Waals surface area contributed by atoms with E-state index in [2.05, 4.69) is 0 Å². The van der Waals surface area contributed by atoms with E-state index in [-0.39, 0.29) is 6.16 Å². The van der Waals surface area contributed by atoms with Crippen molar-refractivity contribution in [1.82, 2.24) is 4.90 Å². The van der Waals surface area contributed by atoms with Crippen LogP contribution in [0.15, 0.2) is 0 Å². The summed E-state index contributed by atoms with van der Waals surface area (Å²) in [5.74, 6) is 0. The Bertz CT molecular complexity index is 166. The Hall–Kier alpha value is -0.380. The summed E-state index contributed by atoms with van der Waals surface area (Å²) >= 11 is 0. The van der Waals surface area contributed by atoms with Crippen LogP contribution in [0.5, 0.6) is 0 Å². The third-order valence-corrected chi connectivity index (χ3v) is 2.04. The summed E-state index contributed by atoms with van der Waals surface area (Å²) < 4.78 is 10.3. The molecule has 0 saturated carbocycles. The lowest BCUT2D eigenvalue weighted by Crippen LogP contribution is -2.17. The van der Waals surface area contributed by atoms with Crippen LogP contribution in [-0.4, -0.2) is 40.9 Å². The van der Waals surface area contributed by atoms with Gasteiger partial charge in [0, 0.05) is 13.6 Å². The predicted molar refractivity (Wildman–Crippen MR) is 40.2 cm³/mol. The minimum Gasteiger partial charge on any atom is -0.348 e. The van der Waals surface area contributed by atoms with Crippen molar-refractivity contribution in [2.24, 2.45) is 0 Å². The molecule has 0 aliphatic rings. The van der Waals surface area contributed by atoms with Crippen molar-refractivity contribution < 1.29 is 19.1 Å². The van der Waals surface area contributed by atoms with Crippen molar-refractivity contribution in [3.05, 3.63) is 0 Å². The molecule has 0 spiro atoms. The number of nitrogens with zero attached hydrogens (tertiary/aromatic N) is 1. The van der Waals surface area contributed by atoms with Crippen LogP contribution in [0.1, 0.15) is 6.42 Å². The number of carbonyl (C=O) groups excluding carboxylic acids is 1. The van der Waals surface area contributed by atoms with Gasteiger partial charge in [0.1, 0.15) is 0 Å². The summed E-state index contributed by atoms with van der Waals surface area (Å²) in [6.07, 6.45) is 0.796. The van der Waals surface area contributed by atoms with Crippen LogP contribution >= 0.6 is 7.60 Å². The standard InChI is InChI=1S/C5H12NO4P/c1-6(5-7)3-2-4-11(8,9)10/h5H,2-4H2,1H3,(H2,8,9,10). The number of hydrogen-bond acceptors (Lipinski definition) is 2. The first-order chi connectivity index (χ1) is 4.95. The Morgan fingerprint density at radius 3 is 2.45 bits per heavy atom. The molecule has 0 aromatic carbocycles. The molecule has 0 bridgehead atoms. The Morgan fingerprint density at radius 1 is 1.55 bits per heavy atom. The van der Waals surface area contributed by atoms with Crippen LogP contribution in [0, 0.1) is 0 Å². The van der Waals surface area contributed by atoms with Gasteiger partial charge < -0.3 is 14.7 Å². The molecule has 0 aliphatic heterocycles. The maximum Gasteiger partial charge on any atom is 0.325 e. The minimum atomic E-state index is -3.88. The number of carbonyl (C=O) groups is 1. The SMILES string of the molecule is CN(C=O)CCCP(=O)(O)O. The molecule has 2 N–H and O–H groups in total. The summed E-state index contributed by atoms with van der Waals surface area (Å²) in [6.45, 7) is 0.384. The summed E-state index contributed by atoms with van der Waals surface area (Å²) in [5.41, 5.74) is 0. The zero-order valence-corrected chi connectivity index (χ0v) is 7.20. The van der Waals surface area contributed by atoms with Crippen molar-refractivity contribution in [2.45, 2.75) is 6.42 Å². The third-order valence-electron chi connectivity index (χ3n) is 1.14. The highest BCUT2D eigenvalue weighted by Crippen LogP contribution is 2.34. The van der Waals surface area contributed by atoms with E-state index in [1.807, 2.05) is 0 Å². The Labute approximate surface area is 65.2 Å². The first-order valence-electron chi connectivity index (χ1n) is 3.16. The van der Waals surface area contributed by atoms with Crippen LogP contribution in [0.3, 0.4) is 0 Å². The van der Waals surface area contributed by atoms with Gasteiger partial charge in [0.2, 0.25) is 6.41 Å². The molecule has 0 radical (unpaired) electrons. The van der Waals surface area contributed by atoms with Crippen molar-refractivity contribution in [1.29, 1.82) is 0 Å². The van der Waals surface area contributed by atoms with Gasteiger partial charge in [-0.15, -0.1) is 0 Å². The van der Waals surface area contributed by atoms with Gasteiger partial charge in [0.05, 0.1) is 6.16 Å². The molecule has 0 rings (SSSR count). The first-order valence-corrected chi connectivity index (χ1v) is 4.95. The lowest BCUT2D eigenvalue weighted by Gasteiger charge is -2.09. The quantitative estimate of drug-likeness (QED) is 0.448. The van der Waals surface area contributed by atoms with Gasteiger partial charge >= 0.3 is 7.60 Å². The second kappa shape index (κ2) is 4.49. The minimum absolute atomic E-state index is 0.162. The maximum absolute atomic E-state index is 10.3. The molecule has 0 unspecified atom stereocenters. The Morgan fingerprint density at radius 2 is 2.09 bits per heavy atom. The normalized spacial score (nSPS) is 11.2. The molecule has 6 heteroatoms. The van der Waals surface area contributed by atoms with Crippen molar-refractivity contribution >= 4 is 14.0 Å². The van der Waals surface area contributed by atoms with Gasteiger partial charge in [-0.3, -0.25) is 9.36 Å². The third kappa shape index (κ3) is 7.52. The molecule has 0 aromatic rings. The lowest BCUT2D eigenvalue weighted by molar-refractivity contribution is -0.117.